The van der Waals surface area contributed by atoms with Crippen molar-refractivity contribution < 1.29 is 14.3 Å². The third-order valence-corrected chi connectivity index (χ3v) is 9.56. The van der Waals surface area contributed by atoms with Crippen LogP contribution in [-0.4, -0.2) is 16.5 Å². The minimum absolute atomic E-state index is 0.254. The molecule has 1 heterocycles. The number of furan rings is 1. The Bertz CT molecular complexity index is 1220. The highest BCUT2D eigenvalue weighted by atomic mass is 16.3. The molecule has 1 aromatic heterocycles. The van der Waals surface area contributed by atoms with Crippen molar-refractivity contribution in [2.24, 2.45) is 29.1 Å². The van der Waals surface area contributed by atoms with Crippen LogP contribution < -0.4 is 0 Å². The topological polar surface area (TPSA) is 50.4 Å². The maximum absolute atomic E-state index is 12.2. The predicted octanol–water partition coefficient (Wildman–Crippen LogP) is 6.31. The number of carbonyl (C=O) groups excluding carboxylic acids is 1. The van der Waals surface area contributed by atoms with Gasteiger partial charge >= 0.3 is 0 Å². The molecular weight excluding hydrogens is 420 g/mol. The molecule has 1 N–H and O–H groups in total. The zero-order valence-corrected chi connectivity index (χ0v) is 20.0. The molecule has 4 aliphatic carbocycles. The summed E-state index contributed by atoms with van der Waals surface area (Å²) in [7, 11) is 0. The Morgan fingerprint density at radius 2 is 1.91 bits per heavy atom. The maximum atomic E-state index is 12.2. The average Bonchev–Trinajstić information content (AvgIpc) is 3.46. The molecule has 2 aromatic rings. The summed E-state index contributed by atoms with van der Waals surface area (Å²) in [6, 6.07) is 10.9. The summed E-state index contributed by atoms with van der Waals surface area (Å²) in [5, 5.41) is 11.8. The fourth-order valence-corrected chi connectivity index (χ4v) is 7.89. The van der Waals surface area contributed by atoms with Gasteiger partial charge in [0.25, 0.3) is 0 Å². The van der Waals surface area contributed by atoms with E-state index in [0.29, 0.717) is 36.0 Å². The molecule has 0 aliphatic heterocycles. The molecule has 0 radical (unpaired) electrons. The number of benzene rings is 1. The van der Waals surface area contributed by atoms with Gasteiger partial charge in [-0.25, -0.2) is 0 Å². The SMILES string of the molecule is CC#C[C@]1(O)CC[C@H]2[C@@H]3C=CC4=CC(=O)CC[C@@H]4[C@H]3[C@@H](c3ccc(-c4ccoc4)cc3)C[C@@]21C. The zero-order chi connectivity index (χ0) is 23.5. The molecule has 0 unspecified atom stereocenters. The van der Waals surface area contributed by atoms with Gasteiger partial charge in [-0.3, -0.25) is 4.79 Å². The van der Waals surface area contributed by atoms with Crippen molar-refractivity contribution in [3.05, 3.63) is 72.2 Å². The van der Waals surface area contributed by atoms with Crippen LogP contribution in [0.3, 0.4) is 0 Å². The fourth-order valence-electron chi connectivity index (χ4n) is 7.89. The Kier molecular flexibility index (Phi) is 5.01. The summed E-state index contributed by atoms with van der Waals surface area (Å²) in [6.45, 7) is 4.12. The molecule has 6 rings (SSSR count). The van der Waals surface area contributed by atoms with Gasteiger partial charge in [0.2, 0.25) is 0 Å². The van der Waals surface area contributed by atoms with Gasteiger partial charge in [0.05, 0.1) is 12.5 Å². The summed E-state index contributed by atoms with van der Waals surface area (Å²) in [4.78, 5) is 12.2. The van der Waals surface area contributed by atoms with Crippen molar-refractivity contribution >= 4 is 5.78 Å². The Morgan fingerprint density at radius 3 is 2.65 bits per heavy atom. The van der Waals surface area contributed by atoms with Crippen LogP contribution in [0, 0.1) is 40.9 Å². The van der Waals surface area contributed by atoms with E-state index in [-0.39, 0.29) is 11.2 Å². The van der Waals surface area contributed by atoms with Gasteiger partial charge in [-0.1, -0.05) is 49.3 Å². The van der Waals surface area contributed by atoms with Crippen molar-refractivity contribution in [1.82, 2.24) is 0 Å². The standard InChI is InChI=1S/C31H32O3/c1-3-14-31(33)15-12-28-26-10-8-22-17-24(32)9-11-25(22)29(26)27(18-30(28,31)2)21-6-4-20(5-7-21)23-13-16-34-19-23/h4-8,10,13,16-17,19,25-29,33H,9,11-12,15,18H2,1-2H3/t25-,26-,27+,28-,29+,30-,31-/m0/s1. The van der Waals surface area contributed by atoms with Crippen LogP contribution in [0.15, 0.2) is 71.1 Å². The fraction of sp³-hybridized carbons (Fsp3) is 0.452. The lowest BCUT2D eigenvalue weighted by Crippen LogP contribution is -2.54. The smallest absolute Gasteiger partial charge is 0.155 e. The van der Waals surface area contributed by atoms with E-state index in [1.54, 1.807) is 12.5 Å². The minimum atomic E-state index is -0.946. The second-order valence-electron chi connectivity index (χ2n) is 11.0. The number of hydrogen-bond acceptors (Lipinski definition) is 3. The largest absolute Gasteiger partial charge is 0.472 e. The highest BCUT2D eigenvalue weighted by Crippen LogP contribution is 2.67. The van der Waals surface area contributed by atoms with E-state index in [2.05, 4.69) is 55.2 Å². The highest BCUT2D eigenvalue weighted by Gasteiger charge is 2.64. The lowest BCUT2D eigenvalue weighted by molar-refractivity contribution is -0.116. The first-order chi connectivity index (χ1) is 16.4. The van der Waals surface area contributed by atoms with Gasteiger partial charge in [-0.15, -0.1) is 5.92 Å². The van der Waals surface area contributed by atoms with Crippen molar-refractivity contribution in [2.75, 3.05) is 0 Å². The molecule has 0 bridgehead atoms. The maximum Gasteiger partial charge on any atom is 0.155 e. The summed E-state index contributed by atoms with van der Waals surface area (Å²) < 4.78 is 5.28. The van der Waals surface area contributed by atoms with Crippen LogP contribution in [0.2, 0.25) is 0 Å². The zero-order valence-electron chi connectivity index (χ0n) is 20.0. The first kappa shape index (κ1) is 21.7. The molecule has 174 valence electrons. The number of ketones is 1. The second kappa shape index (κ2) is 7.85. The number of fused-ring (bicyclic) bond motifs is 5. The lowest BCUT2D eigenvalue weighted by Gasteiger charge is -2.56. The van der Waals surface area contributed by atoms with E-state index in [1.165, 1.54) is 11.1 Å². The number of allylic oxidation sites excluding steroid dienone is 4. The summed E-state index contributed by atoms with van der Waals surface area (Å²) in [5.41, 5.74) is 3.56. The van der Waals surface area contributed by atoms with Crippen LogP contribution in [0.5, 0.6) is 0 Å². The molecule has 3 heteroatoms. The van der Waals surface area contributed by atoms with Crippen LogP contribution in [0.1, 0.15) is 57.4 Å². The van der Waals surface area contributed by atoms with Gasteiger partial charge in [-0.05, 0) is 91.0 Å². The summed E-state index contributed by atoms with van der Waals surface area (Å²) >= 11 is 0. The Labute approximate surface area is 201 Å². The van der Waals surface area contributed by atoms with E-state index < -0.39 is 5.60 Å². The minimum Gasteiger partial charge on any atom is -0.472 e. The average molecular weight is 453 g/mol. The number of aliphatic hydroxyl groups is 1. The number of hydrogen-bond donors (Lipinski definition) is 1. The number of rotatable bonds is 2. The molecule has 0 spiro atoms. The van der Waals surface area contributed by atoms with Gasteiger partial charge in [-0.2, -0.15) is 0 Å². The quantitative estimate of drug-likeness (QED) is 0.543. The van der Waals surface area contributed by atoms with Crippen molar-refractivity contribution in [3.63, 3.8) is 0 Å². The van der Waals surface area contributed by atoms with Gasteiger partial charge in [0, 0.05) is 17.4 Å². The third kappa shape index (κ3) is 3.12. The molecule has 0 saturated heterocycles. The normalized spacial score (nSPS) is 38.3. The number of carbonyl (C=O) groups is 1. The van der Waals surface area contributed by atoms with Gasteiger partial charge in [0.15, 0.2) is 5.78 Å². The molecule has 1 aromatic carbocycles. The second-order valence-corrected chi connectivity index (χ2v) is 11.0. The van der Waals surface area contributed by atoms with Crippen molar-refractivity contribution in [2.45, 2.75) is 57.5 Å². The van der Waals surface area contributed by atoms with Crippen LogP contribution >= 0.6 is 0 Å². The Hall–Kier alpha value is -2.83. The first-order valence-corrected chi connectivity index (χ1v) is 12.6. The van der Waals surface area contributed by atoms with Crippen LogP contribution in [0.4, 0.5) is 0 Å². The molecule has 7 atom stereocenters. The van der Waals surface area contributed by atoms with E-state index in [0.717, 1.165) is 36.8 Å². The predicted molar refractivity (Wildman–Crippen MR) is 133 cm³/mol. The Morgan fingerprint density at radius 1 is 1.09 bits per heavy atom. The van der Waals surface area contributed by atoms with E-state index in [9.17, 15) is 9.90 Å². The van der Waals surface area contributed by atoms with E-state index in [4.69, 9.17) is 4.42 Å². The molecule has 2 fully saturated rings. The van der Waals surface area contributed by atoms with Crippen LogP contribution in [-0.2, 0) is 4.79 Å². The highest BCUT2D eigenvalue weighted by molar-refractivity contribution is 5.92. The molecule has 0 amide bonds. The molecule has 2 saturated carbocycles. The van der Waals surface area contributed by atoms with Crippen LogP contribution in [0.25, 0.3) is 11.1 Å². The Balaban J connectivity index is 1.46. The molecule has 4 aliphatic rings. The van der Waals surface area contributed by atoms with Crippen molar-refractivity contribution in [3.8, 4) is 23.0 Å². The van der Waals surface area contributed by atoms with Gasteiger partial charge < -0.3 is 9.52 Å². The first-order valence-electron chi connectivity index (χ1n) is 12.6. The molecule has 34 heavy (non-hydrogen) atoms. The summed E-state index contributed by atoms with van der Waals surface area (Å²) in [6.07, 6.45) is 14.2. The monoisotopic (exact) mass is 452 g/mol. The van der Waals surface area contributed by atoms with E-state index >= 15 is 0 Å². The van der Waals surface area contributed by atoms with Crippen molar-refractivity contribution in [1.29, 1.82) is 0 Å². The lowest BCUT2D eigenvalue weighted by atomic mass is 9.48. The summed E-state index contributed by atoms with van der Waals surface area (Å²) in [5.74, 6) is 8.47. The van der Waals surface area contributed by atoms with Gasteiger partial charge in [0.1, 0.15) is 5.60 Å². The molecule has 3 nitrogen and oxygen atoms in total. The van der Waals surface area contributed by atoms with E-state index in [1.807, 2.05) is 19.1 Å². The third-order valence-electron chi connectivity index (χ3n) is 9.56. The molecular formula is C31H32O3.